The fourth-order valence-corrected chi connectivity index (χ4v) is 4.45. The van der Waals surface area contributed by atoms with Gasteiger partial charge in [0.05, 0.1) is 4.90 Å². The van der Waals surface area contributed by atoms with Crippen molar-refractivity contribution >= 4 is 10.0 Å². The van der Waals surface area contributed by atoms with E-state index in [4.69, 9.17) is 5.73 Å². The molecule has 0 unspecified atom stereocenters. The molecule has 1 aromatic heterocycles. The minimum absolute atomic E-state index is 0.324. The van der Waals surface area contributed by atoms with Gasteiger partial charge in [-0.25, -0.2) is 8.42 Å². The van der Waals surface area contributed by atoms with Gasteiger partial charge >= 0.3 is 0 Å². The Labute approximate surface area is 121 Å². The van der Waals surface area contributed by atoms with E-state index in [1.807, 2.05) is 0 Å². The van der Waals surface area contributed by atoms with Gasteiger partial charge in [0, 0.05) is 31.5 Å². The summed E-state index contributed by atoms with van der Waals surface area (Å²) in [5.74, 6) is 0. The number of nitrogens with one attached hydrogen (secondary N) is 1. The van der Waals surface area contributed by atoms with Crippen molar-refractivity contribution in [3.8, 4) is 0 Å². The van der Waals surface area contributed by atoms with Crippen LogP contribution in [-0.2, 0) is 16.6 Å². The number of aromatic amines is 1. The lowest BCUT2D eigenvalue weighted by atomic mass is 9.75. The normalized spacial score (nSPS) is 20.1. The van der Waals surface area contributed by atoms with Crippen molar-refractivity contribution in [3.63, 3.8) is 0 Å². The van der Waals surface area contributed by atoms with Crippen LogP contribution in [0.2, 0.25) is 0 Å². The highest BCUT2D eigenvalue weighted by Crippen LogP contribution is 2.39. The molecule has 5 nitrogen and oxygen atoms in total. The highest BCUT2D eigenvalue weighted by Gasteiger charge is 2.36. The van der Waals surface area contributed by atoms with Crippen molar-refractivity contribution in [2.24, 2.45) is 11.1 Å². The standard InChI is InChI=1S/C14H25N3O2S/c1-3-14(4-2)5-7-17(8-6-14)20(18,19)13-9-12(10-15)16-11-13/h9,11,16H,3-8,10,15H2,1-2H3. The van der Waals surface area contributed by atoms with Crippen LogP contribution in [0.3, 0.4) is 0 Å². The molecule has 1 aliphatic rings. The predicted octanol–water partition coefficient (Wildman–Crippen LogP) is 2.06. The summed E-state index contributed by atoms with van der Waals surface area (Å²) < 4.78 is 26.7. The van der Waals surface area contributed by atoms with Crippen LogP contribution in [0.25, 0.3) is 0 Å². The Hall–Kier alpha value is -0.850. The third-order valence-corrected chi connectivity index (χ3v) is 6.73. The second kappa shape index (κ2) is 5.87. The first kappa shape index (κ1) is 15.5. The van der Waals surface area contributed by atoms with Crippen molar-refractivity contribution in [1.82, 2.24) is 9.29 Å². The van der Waals surface area contributed by atoms with E-state index in [9.17, 15) is 8.42 Å². The smallest absolute Gasteiger partial charge is 0.244 e. The van der Waals surface area contributed by atoms with Crippen LogP contribution in [0.5, 0.6) is 0 Å². The molecule has 1 fully saturated rings. The zero-order valence-electron chi connectivity index (χ0n) is 12.4. The molecular weight excluding hydrogens is 274 g/mol. The molecule has 0 saturated carbocycles. The Morgan fingerprint density at radius 1 is 1.30 bits per heavy atom. The molecule has 114 valence electrons. The van der Waals surface area contributed by atoms with E-state index >= 15 is 0 Å². The lowest BCUT2D eigenvalue weighted by Gasteiger charge is -2.40. The highest BCUT2D eigenvalue weighted by atomic mass is 32.2. The van der Waals surface area contributed by atoms with Crippen molar-refractivity contribution in [1.29, 1.82) is 0 Å². The molecular formula is C14H25N3O2S. The maximum atomic E-state index is 12.6. The monoisotopic (exact) mass is 299 g/mol. The zero-order valence-corrected chi connectivity index (χ0v) is 13.2. The fourth-order valence-electron chi connectivity index (χ4n) is 2.99. The molecule has 0 amide bonds. The minimum Gasteiger partial charge on any atom is -0.363 e. The summed E-state index contributed by atoms with van der Waals surface area (Å²) in [4.78, 5) is 3.24. The largest absolute Gasteiger partial charge is 0.363 e. The summed E-state index contributed by atoms with van der Waals surface area (Å²) in [5, 5.41) is 0. The van der Waals surface area contributed by atoms with Crippen molar-refractivity contribution in [3.05, 3.63) is 18.0 Å². The molecule has 1 aliphatic heterocycles. The van der Waals surface area contributed by atoms with Crippen molar-refractivity contribution in [2.75, 3.05) is 13.1 Å². The number of rotatable bonds is 5. The van der Waals surface area contributed by atoms with Crippen LogP contribution < -0.4 is 5.73 Å². The van der Waals surface area contributed by atoms with Crippen LogP contribution in [0.4, 0.5) is 0 Å². The van der Waals surface area contributed by atoms with E-state index in [0.29, 0.717) is 29.9 Å². The van der Waals surface area contributed by atoms with Gasteiger partial charge in [-0.05, 0) is 24.3 Å². The molecule has 0 atom stereocenters. The number of nitrogens with two attached hydrogens (primary N) is 1. The maximum Gasteiger partial charge on any atom is 0.244 e. The number of sulfonamides is 1. The number of aromatic nitrogens is 1. The number of hydrogen-bond donors (Lipinski definition) is 2. The van der Waals surface area contributed by atoms with E-state index in [1.54, 1.807) is 16.6 Å². The van der Waals surface area contributed by atoms with Crippen LogP contribution in [0.15, 0.2) is 17.2 Å². The molecule has 0 aliphatic carbocycles. The van der Waals surface area contributed by atoms with Crippen LogP contribution in [0, 0.1) is 5.41 Å². The Balaban J connectivity index is 2.13. The molecule has 20 heavy (non-hydrogen) atoms. The predicted molar refractivity (Wildman–Crippen MR) is 79.7 cm³/mol. The first-order valence-electron chi connectivity index (χ1n) is 7.35. The topological polar surface area (TPSA) is 79.2 Å². The Kier molecular flexibility index (Phi) is 4.56. The second-order valence-electron chi connectivity index (χ2n) is 5.68. The molecule has 0 bridgehead atoms. The molecule has 2 heterocycles. The summed E-state index contributed by atoms with van der Waals surface area (Å²) in [6.45, 7) is 5.96. The van der Waals surface area contributed by atoms with E-state index in [0.717, 1.165) is 31.4 Å². The van der Waals surface area contributed by atoms with Gasteiger partial charge in [0.2, 0.25) is 10.0 Å². The molecule has 0 radical (unpaired) electrons. The van der Waals surface area contributed by atoms with Gasteiger partial charge in [0.15, 0.2) is 0 Å². The first-order valence-corrected chi connectivity index (χ1v) is 8.79. The van der Waals surface area contributed by atoms with E-state index < -0.39 is 10.0 Å². The van der Waals surface area contributed by atoms with Crippen LogP contribution >= 0.6 is 0 Å². The van der Waals surface area contributed by atoms with Gasteiger partial charge < -0.3 is 10.7 Å². The summed E-state index contributed by atoms with van der Waals surface area (Å²) in [6.07, 6.45) is 5.69. The third kappa shape index (κ3) is 2.77. The number of piperidine rings is 1. The number of hydrogen-bond acceptors (Lipinski definition) is 3. The Morgan fingerprint density at radius 3 is 2.35 bits per heavy atom. The quantitative estimate of drug-likeness (QED) is 0.873. The minimum atomic E-state index is -3.37. The summed E-state index contributed by atoms with van der Waals surface area (Å²) in [5.41, 5.74) is 6.59. The number of H-pyrrole nitrogens is 1. The lowest BCUT2D eigenvalue weighted by Crippen LogP contribution is -2.42. The lowest BCUT2D eigenvalue weighted by molar-refractivity contribution is 0.141. The molecule has 3 N–H and O–H groups in total. The number of nitrogens with zero attached hydrogens (tertiary/aromatic N) is 1. The zero-order chi connectivity index (χ0) is 14.8. The van der Waals surface area contributed by atoms with Crippen molar-refractivity contribution in [2.45, 2.75) is 51.0 Å². The van der Waals surface area contributed by atoms with Gasteiger partial charge in [-0.1, -0.05) is 26.7 Å². The molecule has 0 aromatic carbocycles. The average molecular weight is 299 g/mol. The van der Waals surface area contributed by atoms with Crippen LogP contribution in [-0.4, -0.2) is 30.8 Å². The van der Waals surface area contributed by atoms with Gasteiger partial charge in [-0.15, -0.1) is 0 Å². The maximum absolute atomic E-state index is 12.6. The van der Waals surface area contributed by atoms with Crippen LogP contribution in [0.1, 0.15) is 45.2 Å². The van der Waals surface area contributed by atoms with Gasteiger partial charge in [-0.2, -0.15) is 4.31 Å². The van der Waals surface area contributed by atoms with Gasteiger partial charge in [-0.3, -0.25) is 0 Å². The van der Waals surface area contributed by atoms with Gasteiger partial charge in [0.1, 0.15) is 0 Å². The first-order chi connectivity index (χ1) is 9.47. The molecule has 6 heteroatoms. The Morgan fingerprint density at radius 2 is 1.90 bits per heavy atom. The molecule has 2 rings (SSSR count). The SMILES string of the molecule is CCC1(CC)CCN(S(=O)(=O)c2c[nH]c(CN)c2)CC1. The molecule has 1 saturated heterocycles. The summed E-state index contributed by atoms with van der Waals surface area (Å²) in [6, 6.07) is 1.64. The van der Waals surface area contributed by atoms with E-state index in [1.165, 1.54) is 0 Å². The Bertz CT molecular complexity index is 537. The fraction of sp³-hybridized carbons (Fsp3) is 0.714. The van der Waals surface area contributed by atoms with Crippen molar-refractivity contribution < 1.29 is 8.42 Å². The molecule has 0 spiro atoms. The average Bonchev–Trinajstić information content (AvgIpc) is 2.97. The van der Waals surface area contributed by atoms with E-state index in [-0.39, 0.29) is 0 Å². The summed E-state index contributed by atoms with van der Waals surface area (Å²) >= 11 is 0. The third-order valence-electron chi connectivity index (χ3n) is 4.86. The molecule has 1 aromatic rings. The van der Waals surface area contributed by atoms with E-state index in [2.05, 4.69) is 18.8 Å². The summed E-state index contributed by atoms with van der Waals surface area (Å²) in [7, 11) is -3.37. The highest BCUT2D eigenvalue weighted by molar-refractivity contribution is 7.89. The van der Waals surface area contributed by atoms with Gasteiger partial charge in [0.25, 0.3) is 0 Å². The second-order valence-corrected chi connectivity index (χ2v) is 7.61.